The topological polar surface area (TPSA) is 194 Å². The number of methoxy groups -OCH3 is 1. The number of Topliss-reactive ketones (excluding diaryl/α,β-unsaturated/α-hetero) is 1. The van der Waals surface area contributed by atoms with Crippen LogP contribution in [0.2, 0.25) is 0 Å². The number of cyclic esters (lactones) is 1. The molecule has 0 unspecified atom stereocenters. The second-order valence-corrected chi connectivity index (χ2v) is 16.5. The number of likely N-dealkylation sites (N-methyl/N-ethyl adjacent to an activating group) is 1. The highest BCUT2D eigenvalue weighted by molar-refractivity contribution is 5.83. The van der Waals surface area contributed by atoms with Crippen LogP contribution in [0.5, 0.6) is 0 Å². The van der Waals surface area contributed by atoms with E-state index in [0.717, 1.165) is 0 Å². The Morgan fingerprint density at radius 3 is 2.04 bits per heavy atom. The molecule has 3 aliphatic rings. The number of aliphatic hydroxyl groups is 5. The summed E-state index contributed by atoms with van der Waals surface area (Å²) in [5, 5.41) is 57.6. The van der Waals surface area contributed by atoms with E-state index < -0.39 is 108 Å². The third kappa shape index (κ3) is 9.51. The van der Waals surface area contributed by atoms with Crippen LogP contribution in [0.15, 0.2) is 0 Å². The minimum Gasteiger partial charge on any atom is -0.459 e. The van der Waals surface area contributed by atoms with Crippen LogP contribution in [0, 0.1) is 23.7 Å². The molecule has 0 aromatic carbocycles. The second kappa shape index (κ2) is 17.0. The quantitative estimate of drug-likeness (QED) is 0.238. The Morgan fingerprint density at radius 1 is 0.882 bits per heavy atom. The first kappa shape index (κ1) is 44.1. The molecule has 0 aliphatic carbocycles. The number of hydrogen-bond donors (Lipinski definition) is 5. The Balaban J connectivity index is 2.18. The van der Waals surface area contributed by atoms with E-state index in [4.69, 9.17) is 28.4 Å². The summed E-state index contributed by atoms with van der Waals surface area (Å²) in [6.07, 6.45) is -9.71. The lowest BCUT2D eigenvalue weighted by molar-refractivity contribution is -0.318. The fourth-order valence-electron chi connectivity index (χ4n) is 8.41. The number of hydrogen-bond acceptors (Lipinski definition) is 14. The summed E-state index contributed by atoms with van der Waals surface area (Å²) in [6.45, 7) is 16.3. The Morgan fingerprint density at radius 2 is 1.49 bits per heavy atom. The molecule has 3 heterocycles. The van der Waals surface area contributed by atoms with Crippen LogP contribution in [0.25, 0.3) is 0 Å². The smallest absolute Gasteiger partial charge is 0.311 e. The third-order valence-electron chi connectivity index (χ3n) is 11.8. The average Bonchev–Trinajstić information content (AvgIpc) is 3.05. The van der Waals surface area contributed by atoms with Crippen LogP contribution in [-0.4, -0.2) is 148 Å². The van der Waals surface area contributed by atoms with E-state index in [1.54, 1.807) is 41.5 Å². The first-order valence-corrected chi connectivity index (χ1v) is 18.5. The number of ketones is 1. The number of aliphatic hydroxyl groups excluding tert-OH is 3. The number of ether oxygens (including phenoxy) is 6. The van der Waals surface area contributed by atoms with Crippen LogP contribution >= 0.6 is 0 Å². The van der Waals surface area contributed by atoms with Crippen molar-refractivity contribution in [2.75, 3.05) is 21.2 Å². The summed E-state index contributed by atoms with van der Waals surface area (Å²) < 4.78 is 37.1. The maximum atomic E-state index is 14.1. The zero-order valence-corrected chi connectivity index (χ0v) is 32.9. The number of esters is 1. The van der Waals surface area contributed by atoms with Gasteiger partial charge in [-0.3, -0.25) is 9.59 Å². The van der Waals surface area contributed by atoms with Gasteiger partial charge in [0, 0.05) is 37.3 Å². The van der Waals surface area contributed by atoms with E-state index in [-0.39, 0.29) is 31.4 Å². The molecule has 0 aromatic heterocycles. The molecule has 18 atom stereocenters. The van der Waals surface area contributed by atoms with Crippen molar-refractivity contribution in [3.63, 3.8) is 0 Å². The van der Waals surface area contributed by atoms with Crippen LogP contribution < -0.4 is 0 Å². The highest BCUT2D eigenvalue weighted by Gasteiger charge is 2.53. The molecule has 3 rings (SSSR count). The standard InChI is InChI=1S/C37H67NO13/c1-14-25-37(10,45)30(41)20(4)27(39)18(2)16-35(8,44)32(51-34-28(40)24(38(11)12)15-19(3)47-34)21(5)29(22(6)33(43)49-25)50-26-17-36(9,46-13)31(42)23(7)48-26/h18-26,28-32,34,40-42,44-45H,14-17H2,1-13H3/t18-,19-,20+,21+,22-,23+,24+,25-,26+,28-,29+,30-,31+,32-,34+,35+,36-,37-/m1/s1. The minimum absolute atomic E-state index is 0.0936. The van der Waals surface area contributed by atoms with Crippen LogP contribution in [-0.2, 0) is 38.0 Å². The van der Waals surface area contributed by atoms with E-state index in [1.807, 2.05) is 25.9 Å². The van der Waals surface area contributed by atoms with Gasteiger partial charge in [-0.15, -0.1) is 0 Å². The van der Waals surface area contributed by atoms with Gasteiger partial charge in [-0.25, -0.2) is 0 Å². The molecule has 0 amide bonds. The first-order valence-electron chi connectivity index (χ1n) is 18.5. The fourth-order valence-corrected chi connectivity index (χ4v) is 8.41. The molecule has 14 heteroatoms. The number of carbonyl (C=O) groups excluding carboxylic acids is 2. The van der Waals surface area contributed by atoms with E-state index in [0.29, 0.717) is 6.42 Å². The van der Waals surface area contributed by atoms with Gasteiger partial charge in [-0.1, -0.05) is 27.7 Å². The lowest BCUT2D eigenvalue weighted by Crippen LogP contribution is -2.61. The summed E-state index contributed by atoms with van der Waals surface area (Å²) in [5.41, 5.74) is -4.84. The Kier molecular flexibility index (Phi) is 14.7. The van der Waals surface area contributed by atoms with Crippen molar-refractivity contribution in [2.24, 2.45) is 23.7 Å². The molecule has 3 aliphatic heterocycles. The number of rotatable bonds is 7. The van der Waals surface area contributed by atoms with Gasteiger partial charge >= 0.3 is 5.97 Å². The largest absolute Gasteiger partial charge is 0.459 e. The summed E-state index contributed by atoms with van der Waals surface area (Å²) in [4.78, 5) is 29.8. The average molecular weight is 734 g/mol. The second-order valence-electron chi connectivity index (χ2n) is 16.5. The maximum absolute atomic E-state index is 14.1. The molecule has 0 bridgehead atoms. The highest BCUT2D eigenvalue weighted by atomic mass is 16.7. The Hall–Kier alpha value is -1.30. The van der Waals surface area contributed by atoms with Gasteiger partial charge in [0.05, 0.1) is 47.6 Å². The van der Waals surface area contributed by atoms with E-state index in [1.165, 1.54) is 27.9 Å². The van der Waals surface area contributed by atoms with Gasteiger partial charge in [0.1, 0.15) is 29.7 Å². The van der Waals surface area contributed by atoms with E-state index in [2.05, 4.69) is 0 Å². The van der Waals surface area contributed by atoms with Crippen molar-refractivity contribution in [2.45, 2.75) is 179 Å². The molecule has 5 N–H and O–H groups in total. The summed E-state index contributed by atoms with van der Waals surface area (Å²) in [6, 6.07) is -0.324. The maximum Gasteiger partial charge on any atom is 0.311 e. The zero-order valence-electron chi connectivity index (χ0n) is 32.9. The lowest BCUT2D eigenvalue weighted by atomic mass is 9.74. The molecule has 14 nitrogen and oxygen atoms in total. The van der Waals surface area contributed by atoms with Crippen LogP contribution in [0.4, 0.5) is 0 Å². The molecule has 0 radical (unpaired) electrons. The molecule has 3 fully saturated rings. The third-order valence-corrected chi connectivity index (χ3v) is 11.8. The molecule has 3 saturated heterocycles. The fraction of sp³-hybridized carbons (Fsp3) is 0.946. The van der Waals surface area contributed by atoms with E-state index >= 15 is 0 Å². The minimum atomic E-state index is -1.99. The molecule has 0 aromatic rings. The van der Waals surface area contributed by atoms with Crippen LogP contribution in [0.3, 0.4) is 0 Å². The predicted molar refractivity (Wildman–Crippen MR) is 186 cm³/mol. The number of nitrogens with zero attached hydrogens (tertiary/aromatic N) is 1. The van der Waals surface area contributed by atoms with E-state index in [9.17, 15) is 35.1 Å². The van der Waals surface area contributed by atoms with Crippen molar-refractivity contribution >= 4 is 11.8 Å². The normalized spacial score (nSPS) is 49.7. The van der Waals surface area contributed by atoms with Crippen molar-refractivity contribution in [1.29, 1.82) is 0 Å². The molecule has 51 heavy (non-hydrogen) atoms. The first-order chi connectivity index (χ1) is 23.4. The van der Waals surface area contributed by atoms with Crippen molar-refractivity contribution in [3.8, 4) is 0 Å². The van der Waals surface area contributed by atoms with Crippen LogP contribution in [0.1, 0.15) is 94.9 Å². The Bertz CT molecular complexity index is 1170. The molecule has 298 valence electrons. The Labute approximate surface area is 304 Å². The molecular formula is C37H67NO13. The van der Waals surface area contributed by atoms with Crippen molar-refractivity contribution < 1.29 is 63.5 Å². The molecule has 0 saturated carbocycles. The van der Waals surface area contributed by atoms with Gasteiger partial charge in [0.15, 0.2) is 12.6 Å². The SMILES string of the molecule is CC[C@H]1OC(=O)[C@H](C)[C@@H](O[C@H]2C[C@@](C)(OC)[C@@H](O)[C@H](C)O2)[C@H](C)[C@@H](O[C@@H]2O[C@H](C)C[C@H](N(C)C)[C@H]2O)[C@@](C)(O)C[C@@H](C)C(=O)[C@H](C)[C@@H](O)[C@]1(C)O. The summed E-state index contributed by atoms with van der Waals surface area (Å²) in [5.74, 6) is -4.98. The van der Waals surface area contributed by atoms with Gasteiger partial charge in [0.2, 0.25) is 0 Å². The molecular weight excluding hydrogens is 666 g/mol. The van der Waals surface area contributed by atoms with Gasteiger partial charge in [-0.2, -0.15) is 0 Å². The molecule has 0 spiro atoms. The summed E-state index contributed by atoms with van der Waals surface area (Å²) >= 11 is 0. The van der Waals surface area contributed by atoms with Gasteiger partial charge in [0.25, 0.3) is 0 Å². The van der Waals surface area contributed by atoms with Crippen molar-refractivity contribution in [1.82, 2.24) is 4.90 Å². The monoisotopic (exact) mass is 733 g/mol. The van der Waals surface area contributed by atoms with Gasteiger partial charge in [-0.05, 0) is 74.9 Å². The highest BCUT2D eigenvalue weighted by Crippen LogP contribution is 2.40. The lowest BCUT2D eigenvalue weighted by Gasteiger charge is -2.49. The number of carbonyl (C=O) groups is 2. The van der Waals surface area contributed by atoms with Crippen molar-refractivity contribution in [3.05, 3.63) is 0 Å². The predicted octanol–water partition coefficient (Wildman–Crippen LogP) is 1.79. The zero-order chi connectivity index (χ0) is 39.0. The summed E-state index contributed by atoms with van der Waals surface area (Å²) in [7, 11) is 5.18. The van der Waals surface area contributed by atoms with Gasteiger partial charge < -0.3 is 58.9 Å².